The molecule has 0 unspecified atom stereocenters. The summed E-state index contributed by atoms with van der Waals surface area (Å²) in [5.74, 6) is -0.944. The molecule has 0 saturated carbocycles. The molecule has 106 valence electrons. The smallest absolute Gasteiger partial charge is 0.339 e. The highest BCUT2D eigenvalue weighted by atomic mass is 35.5. The quantitative estimate of drug-likeness (QED) is 0.507. The number of nitrogens with one attached hydrogen (secondary N) is 2. The van der Waals surface area contributed by atoms with Crippen molar-refractivity contribution in [3.63, 3.8) is 0 Å². The van der Waals surface area contributed by atoms with Crippen LogP contribution in [0.15, 0.2) is 12.1 Å². The summed E-state index contributed by atoms with van der Waals surface area (Å²) < 4.78 is 24.0. The molecule has 1 aromatic rings. The van der Waals surface area contributed by atoms with Crippen LogP contribution in [-0.2, 0) is 10.0 Å². The van der Waals surface area contributed by atoms with Crippen molar-refractivity contribution in [3.05, 3.63) is 22.8 Å². The van der Waals surface area contributed by atoms with Crippen molar-refractivity contribution in [1.29, 1.82) is 0 Å². The highest BCUT2D eigenvalue weighted by Crippen LogP contribution is 2.16. The number of sulfonamides is 1. The lowest BCUT2D eigenvalue weighted by Gasteiger charge is -2.08. The number of aromatic carboxylic acids is 1. The second kappa shape index (κ2) is 6.69. The molecule has 1 heterocycles. The summed E-state index contributed by atoms with van der Waals surface area (Å²) in [6, 6.07) is 2.75. The summed E-state index contributed by atoms with van der Waals surface area (Å²) >= 11 is 5.69. The van der Waals surface area contributed by atoms with Gasteiger partial charge in [-0.1, -0.05) is 11.6 Å². The number of anilines is 1. The monoisotopic (exact) mass is 307 g/mol. The second-order valence-corrected chi connectivity index (χ2v) is 6.00. The van der Waals surface area contributed by atoms with E-state index in [1.807, 2.05) is 0 Å². The van der Waals surface area contributed by atoms with E-state index in [1.165, 1.54) is 12.1 Å². The first-order valence-corrected chi connectivity index (χ1v) is 7.65. The molecule has 0 aliphatic carbocycles. The van der Waals surface area contributed by atoms with E-state index in [4.69, 9.17) is 16.7 Å². The van der Waals surface area contributed by atoms with Gasteiger partial charge in [0, 0.05) is 13.1 Å². The van der Waals surface area contributed by atoms with Gasteiger partial charge in [0.1, 0.15) is 16.5 Å². The number of carboxylic acids is 1. The van der Waals surface area contributed by atoms with E-state index >= 15 is 0 Å². The third-order valence-electron chi connectivity index (χ3n) is 2.10. The normalized spacial score (nSPS) is 11.3. The molecule has 0 fully saturated rings. The Balaban J connectivity index is 2.53. The molecule has 0 atom stereocenters. The van der Waals surface area contributed by atoms with Gasteiger partial charge in [-0.25, -0.2) is 22.9 Å². The van der Waals surface area contributed by atoms with Gasteiger partial charge in [-0.15, -0.1) is 0 Å². The number of hydrogen-bond acceptors (Lipinski definition) is 5. The van der Waals surface area contributed by atoms with Gasteiger partial charge >= 0.3 is 5.97 Å². The van der Waals surface area contributed by atoms with Crippen molar-refractivity contribution >= 4 is 33.4 Å². The summed E-state index contributed by atoms with van der Waals surface area (Å²) in [6.07, 6.45) is 1.56. The van der Waals surface area contributed by atoms with Crippen LogP contribution in [0.3, 0.4) is 0 Å². The number of rotatable bonds is 7. The predicted octanol–water partition coefficient (Wildman–Crippen LogP) is 0.784. The lowest BCUT2D eigenvalue weighted by molar-refractivity contribution is 0.0697. The first-order valence-electron chi connectivity index (χ1n) is 5.38. The van der Waals surface area contributed by atoms with Crippen molar-refractivity contribution in [2.75, 3.05) is 24.7 Å². The minimum Gasteiger partial charge on any atom is -0.478 e. The number of aromatic nitrogens is 1. The van der Waals surface area contributed by atoms with Gasteiger partial charge in [-0.3, -0.25) is 0 Å². The van der Waals surface area contributed by atoms with Crippen LogP contribution < -0.4 is 10.0 Å². The molecule has 0 radical (unpaired) electrons. The Hall–Kier alpha value is -1.38. The molecule has 0 bridgehead atoms. The Morgan fingerprint density at radius 2 is 2.11 bits per heavy atom. The van der Waals surface area contributed by atoms with E-state index in [0.717, 1.165) is 6.26 Å². The highest BCUT2D eigenvalue weighted by Gasteiger charge is 2.11. The van der Waals surface area contributed by atoms with Gasteiger partial charge in [0.15, 0.2) is 0 Å². The molecule has 0 aliphatic heterocycles. The van der Waals surface area contributed by atoms with Crippen LogP contribution >= 0.6 is 11.6 Å². The average Bonchev–Trinajstić information content (AvgIpc) is 2.26. The lowest BCUT2D eigenvalue weighted by atomic mass is 10.2. The Labute approximate surface area is 116 Å². The van der Waals surface area contributed by atoms with Gasteiger partial charge in [0.05, 0.1) is 6.26 Å². The molecule has 19 heavy (non-hydrogen) atoms. The second-order valence-electron chi connectivity index (χ2n) is 3.78. The minimum atomic E-state index is -3.21. The maximum absolute atomic E-state index is 10.9. The fourth-order valence-corrected chi connectivity index (χ4v) is 1.96. The third kappa shape index (κ3) is 5.86. The van der Waals surface area contributed by atoms with Crippen LogP contribution in [0.1, 0.15) is 16.8 Å². The molecule has 0 spiro atoms. The standard InChI is InChI=1S/C10H14ClN3O4S/c1-19(17,18)13-6-2-5-12-9-7(10(15)16)3-4-8(11)14-9/h3-4,13H,2,5-6H2,1H3,(H,12,14)(H,15,16). The molecule has 7 nitrogen and oxygen atoms in total. The number of pyridine rings is 1. The highest BCUT2D eigenvalue weighted by molar-refractivity contribution is 7.88. The zero-order valence-corrected chi connectivity index (χ0v) is 11.8. The van der Waals surface area contributed by atoms with Crippen LogP contribution in [0.25, 0.3) is 0 Å². The predicted molar refractivity (Wildman–Crippen MR) is 72.2 cm³/mol. The Bertz CT molecular complexity index is 562. The summed E-state index contributed by atoms with van der Waals surface area (Å²) in [7, 11) is -3.21. The molecule has 9 heteroatoms. The molecule has 3 N–H and O–H groups in total. The van der Waals surface area contributed by atoms with E-state index in [-0.39, 0.29) is 23.1 Å². The topological polar surface area (TPSA) is 108 Å². The van der Waals surface area contributed by atoms with Gasteiger partial charge in [0.2, 0.25) is 10.0 Å². The van der Waals surface area contributed by atoms with E-state index in [1.54, 1.807) is 0 Å². The Kier molecular flexibility index (Phi) is 5.52. The fourth-order valence-electron chi connectivity index (χ4n) is 1.30. The molecule has 0 aromatic carbocycles. The van der Waals surface area contributed by atoms with Crippen molar-refractivity contribution in [1.82, 2.24) is 9.71 Å². The number of carbonyl (C=O) groups is 1. The van der Waals surface area contributed by atoms with E-state index in [0.29, 0.717) is 13.0 Å². The lowest BCUT2D eigenvalue weighted by Crippen LogP contribution is -2.24. The maximum Gasteiger partial charge on any atom is 0.339 e. The first-order chi connectivity index (χ1) is 8.79. The van der Waals surface area contributed by atoms with E-state index in [2.05, 4.69) is 15.0 Å². The summed E-state index contributed by atoms with van der Waals surface area (Å²) in [4.78, 5) is 14.8. The molecule has 0 aliphatic rings. The van der Waals surface area contributed by atoms with Crippen molar-refractivity contribution in [2.24, 2.45) is 0 Å². The van der Waals surface area contributed by atoms with E-state index < -0.39 is 16.0 Å². The van der Waals surface area contributed by atoms with Crippen LogP contribution in [0.5, 0.6) is 0 Å². The van der Waals surface area contributed by atoms with Crippen LogP contribution in [0.4, 0.5) is 5.82 Å². The third-order valence-corrected chi connectivity index (χ3v) is 3.04. The minimum absolute atomic E-state index is 0.0143. The zero-order chi connectivity index (χ0) is 14.5. The van der Waals surface area contributed by atoms with Gasteiger partial charge in [0.25, 0.3) is 0 Å². The van der Waals surface area contributed by atoms with Crippen LogP contribution in [-0.4, -0.2) is 43.8 Å². The summed E-state index contributed by atoms with van der Waals surface area (Å²) in [5.41, 5.74) is 0.0143. The Morgan fingerprint density at radius 3 is 2.68 bits per heavy atom. The fraction of sp³-hybridized carbons (Fsp3) is 0.400. The number of nitrogens with zero attached hydrogens (tertiary/aromatic N) is 1. The number of halogens is 1. The first kappa shape index (κ1) is 15.7. The summed E-state index contributed by atoms with van der Waals surface area (Å²) in [5, 5.41) is 11.9. The molecular formula is C10H14ClN3O4S. The zero-order valence-electron chi connectivity index (χ0n) is 10.2. The molecule has 1 aromatic heterocycles. The SMILES string of the molecule is CS(=O)(=O)NCCCNc1nc(Cl)ccc1C(=O)O. The van der Waals surface area contributed by atoms with Crippen molar-refractivity contribution in [2.45, 2.75) is 6.42 Å². The largest absolute Gasteiger partial charge is 0.478 e. The van der Waals surface area contributed by atoms with Crippen molar-refractivity contribution < 1.29 is 18.3 Å². The molecule has 1 rings (SSSR count). The number of carboxylic acid groups (broad SMARTS) is 1. The van der Waals surface area contributed by atoms with Gasteiger partial charge in [-0.05, 0) is 18.6 Å². The van der Waals surface area contributed by atoms with Gasteiger partial charge in [-0.2, -0.15) is 0 Å². The van der Waals surface area contributed by atoms with Crippen LogP contribution in [0.2, 0.25) is 5.15 Å². The molecule has 0 amide bonds. The average molecular weight is 308 g/mol. The maximum atomic E-state index is 10.9. The summed E-state index contributed by atoms with van der Waals surface area (Å²) in [6.45, 7) is 0.630. The Morgan fingerprint density at radius 1 is 1.42 bits per heavy atom. The van der Waals surface area contributed by atoms with Gasteiger partial charge < -0.3 is 10.4 Å². The molecular weight excluding hydrogens is 294 g/mol. The number of hydrogen-bond donors (Lipinski definition) is 3. The molecule has 0 saturated heterocycles. The van der Waals surface area contributed by atoms with E-state index in [9.17, 15) is 13.2 Å². The van der Waals surface area contributed by atoms with Crippen molar-refractivity contribution in [3.8, 4) is 0 Å². The van der Waals surface area contributed by atoms with Crippen LogP contribution in [0, 0.1) is 0 Å².